The molecule has 5 nitrogen and oxygen atoms in total. The Labute approximate surface area is 123 Å². The third-order valence-corrected chi connectivity index (χ3v) is 4.08. The zero-order chi connectivity index (χ0) is 14.5. The summed E-state index contributed by atoms with van der Waals surface area (Å²) < 4.78 is 12.0. The minimum atomic E-state index is -1.51. The van der Waals surface area contributed by atoms with Crippen molar-refractivity contribution in [1.29, 1.82) is 0 Å². The molecule has 0 aliphatic heterocycles. The highest BCUT2D eigenvalue weighted by Gasteiger charge is 2.13. The second-order valence-corrected chi connectivity index (χ2v) is 5.81. The molecular weight excluding hydrogens is 298 g/mol. The predicted octanol–water partition coefficient (Wildman–Crippen LogP) is 2.06. The standard InChI is InChI=1S/C13H12ClN3O2S/c14-9-1-3-10(4-2-9)17-13(18)8-20(19)12-5-6-16-7-11(12)15/h1-7H,8,15H2,(H,17,18). The highest BCUT2D eigenvalue weighted by molar-refractivity contribution is 7.86. The first-order chi connectivity index (χ1) is 9.56. The fourth-order valence-corrected chi connectivity index (χ4v) is 2.65. The second kappa shape index (κ2) is 6.49. The molecule has 0 bridgehead atoms. The van der Waals surface area contributed by atoms with Crippen molar-refractivity contribution < 1.29 is 9.00 Å². The molecule has 0 aliphatic rings. The van der Waals surface area contributed by atoms with Gasteiger partial charge in [-0.05, 0) is 30.3 Å². The maximum Gasteiger partial charge on any atom is 0.237 e. The minimum absolute atomic E-state index is 0.170. The normalized spacial score (nSPS) is 11.8. The van der Waals surface area contributed by atoms with Gasteiger partial charge in [-0.15, -0.1) is 0 Å². The summed E-state index contributed by atoms with van der Waals surface area (Å²) in [7, 11) is -1.51. The Morgan fingerprint density at radius 3 is 2.65 bits per heavy atom. The molecule has 1 aromatic heterocycles. The van der Waals surface area contributed by atoms with Crippen LogP contribution in [0.25, 0.3) is 0 Å². The number of benzene rings is 1. The monoisotopic (exact) mass is 309 g/mol. The quantitative estimate of drug-likeness (QED) is 0.905. The van der Waals surface area contributed by atoms with Gasteiger partial charge >= 0.3 is 0 Å². The number of aromatic nitrogens is 1. The Kier molecular flexibility index (Phi) is 4.70. The Bertz CT molecular complexity index is 646. The van der Waals surface area contributed by atoms with Crippen molar-refractivity contribution in [3.63, 3.8) is 0 Å². The number of carbonyl (C=O) groups is 1. The number of amides is 1. The van der Waals surface area contributed by atoms with Crippen LogP contribution in [0.15, 0.2) is 47.6 Å². The van der Waals surface area contributed by atoms with Gasteiger partial charge in [0, 0.05) is 16.9 Å². The predicted molar refractivity (Wildman–Crippen MR) is 80.0 cm³/mol. The molecule has 0 aliphatic carbocycles. The molecule has 1 amide bonds. The number of nitrogens with one attached hydrogen (secondary N) is 1. The molecular formula is C13H12ClN3O2S. The van der Waals surface area contributed by atoms with Crippen molar-refractivity contribution in [2.45, 2.75) is 4.90 Å². The lowest BCUT2D eigenvalue weighted by Gasteiger charge is -2.06. The van der Waals surface area contributed by atoms with Crippen LogP contribution in [0.3, 0.4) is 0 Å². The molecule has 0 radical (unpaired) electrons. The highest BCUT2D eigenvalue weighted by atomic mass is 35.5. The minimum Gasteiger partial charge on any atom is -0.396 e. The van der Waals surface area contributed by atoms with Crippen LogP contribution in [0.2, 0.25) is 5.02 Å². The average molecular weight is 310 g/mol. The van der Waals surface area contributed by atoms with Crippen molar-refractivity contribution in [1.82, 2.24) is 4.98 Å². The largest absolute Gasteiger partial charge is 0.396 e. The number of nitrogens with zero attached hydrogens (tertiary/aromatic N) is 1. The van der Waals surface area contributed by atoms with Crippen molar-refractivity contribution in [2.24, 2.45) is 0 Å². The average Bonchev–Trinajstić information content (AvgIpc) is 2.41. The fraction of sp³-hybridized carbons (Fsp3) is 0.0769. The molecule has 1 unspecified atom stereocenters. The molecule has 2 aromatic rings. The summed E-state index contributed by atoms with van der Waals surface area (Å²) in [4.78, 5) is 16.0. The van der Waals surface area contributed by atoms with Gasteiger partial charge in [0.1, 0.15) is 5.75 Å². The van der Waals surface area contributed by atoms with E-state index in [0.29, 0.717) is 21.3 Å². The lowest BCUT2D eigenvalue weighted by molar-refractivity contribution is -0.113. The third-order valence-electron chi connectivity index (χ3n) is 2.45. The SMILES string of the molecule is Nc1cnccc1S(=O)CC(=O)Nc1ccc(Cl)cc1. The van der Waals surface area contributed by atoms with Gasteiger partial charge in [0.2, 0.25) is 5.91 Å². The summed E-state index contributed by atoms with van der Waals surface area (Å²) in [5.41, 5.74) is 6.57. The Morgan fingerprint density at radius 2 is 2.00 bits per heavy atom. The topological polar surface area (TPSA) is 85.1 Å². The number of nitrogen functional groups attached to an aromatic ring is 1. The molecule has 1 heterocycles. The molecule has 3 N–H and O–H groups in total. The van der Waals surface area contributed by atoms with E-state index in [9.17, 15) is 9.00 Å². The third kappa shape index (κ3) is 3.79. The molecule has 0 saturated carbocycles. The molecule has 0 fully saturated rings. The van der Waals surface area contributed by atoms with E-state index in [1.807, 2.05) is 0 Å². The molecule has 0 spiro atoms. The van der Waals surface area contributed by atoms with Crippen LogP contribution in [0, 0.1) is 0 Å². The summed E-state index contributed by atoms with van der Waals surface area (Å²) in [5, 5.41) is 3.22. The zero-order valence-corrected chi connectivity index (χ0v) is 11.9. The molecule has 0 saturated heterocycles. The number of halogens is 1. The van der Waals surface area contributed by atoms with E-state index in [4.69, 9.17) is 17.3 Å². The summed E-state index contributed by atoms with van der Waals surface area (Å²) in [6.07, 6.45) is 2.89. The van der Waals surface area contributed by atoms with Gasteiger partial charge in [-0.25, -0.2) is 0 Å². The van der Waals surface area contributed by atoms with Crippen LogP contribution in [-0.2, 0) is 15.6 Å². The van der Waals surface area contributed by atoms with E-state index in [0.717, 1.165) is 0 Å². The number of hydrogen-bond donors (Lipinski definition) is 2. The van der Waals surface area contributed by atoms with E-state index < -0.39 is 10.8 Å². The molecule has 7 heteroatoms. The van der Waals surface area contributed by atoms with Crippen LogP contribution in [-0.4, -0.2) is 20.9 Å². The number of carbonyl (C=O) groups excluding carboxylic acids is 1. The Hall–Kier alpha value is -1.92. The van der Waals surface area contributed by atoms with Crippen LogP contribution in [0.5, 0.6) is 0 Å². The number of anilines is 2. The number of hydrogen-bond acceptors (Lipinski definition) is 4. The Morgan fingerprint density at radius 1 is 1.30 bits per heavy atom. The highest BCUT2D eigenvalue weighted by Crippen LogP contribution is 2.16. The van der Waals surface area contributed by atoms with E-state index in [1.54, 1.807) is 30.3 Å². The van der Waals surface area contributed by atoms with Gasteiger partial charge in [0.15, 0.2) is 0 Å². The Balaban J connectivity index is 2.00. The van der Waals surface area contributed by atoms with E-state index in [1.165, 1.54) is 12.4 Å². The molecule has 20 heavy (non-hydrogen) atoms. The van der Waals surface area contributed by atoms with Crippen molar-refractivity contribution in [2.75, 3.05) is 16.8 Å². The first kappa shape index (κ1) is 14.5. The van der Waals surface area contributed by atoms with Gasteiger partial charge < -0.3 is 11.1 Å². The van der Waals surface area contributed by atoms with Crippen molar-refractivity contribution in [3.05, 3.63) is 47.7 Å². The zero-order valence-electron chi connectivity index (χ0n) is 10.4. The smallest absolute Gasteiger partial charge is 0.237 e. The lowest BCUT2D eigenvalue weighted by atomic mass is 10.3. The number of pyridine rings is 1. The van der Waals surface area contributed by atoms with Gasteiger partial charge in [-0.3, -0.25) is 14.0 Å². The van der Waals surface area contributed by atoms with E-state index >= 15 is 0 Å². The fourth-order valence-electron chi connectivity index (χ4n) is 1.53. The maximum atomic E-state index is 12.0. The van der Waals surface area contributed by atoms with Gasteiger partial charge in [-0.2, -0.15) is 0 Å². The van der Waals surface area contributed by atoms with Crippen LogP contribution < -0.4 is 11.1 Å². The van der Waals surface area contributed by atoms with Gasteiger partial charge in [-0.1, -0.05) is 11.6 Å². The maximum absolute atomic E-state index is 12.0. The summed E-state index contributed by atoms with van der Waals surface area (Å²) >= 11 is 5.75. The summed E-state index contributed by atoms with van der Waals surface area (Å²) in [5.74, 6) is -0.529. The first-order valence-electron chi connectivity index (χ1n) is 5.69. The first-order valence-corrected chi connectivity index (χ1v) is 7.39. The van der Waals surface area contributed by atoms with Gasteiger partial charge in [0.25, 0.3) is 0 Å². The lowest BCUT2D eigenvalue weighted by Crippen LogP contribution is -2.20. The van der Waals surface area contributed by atoms with Crippen molar-refractivity contribution in [3.8, 4) is 0 Å². The van der Waals surface area contributed by atoms with Crippen LogP contribution in [0.1, 0.15) is 0 Å². The summed E-state index contributed by atoms with van der Waals surface area (Å²) in [6.45, 7) is 0. The molecule has 1 aromatic carbocycles. The number of rotatable bonds is 4. The van der Waals surface area contributed by atoms with E-state index in [2.05, 4.69) is 10.3 Å². The number of nitrogens with two attached hydrogens (primary N) is 1. The van der Waals surface area contributed by atoms with Crippen LogP contribution in [0.4, 0.5) is 11.4 Å². The van der Waals surface area contributed by atoms with Gasteiger partial charge in [0.05, 0.1) is 27.6 Å². The van der Waals surface area contributed by atoms with Crippen LogP contribution >= 0.6 is 11.6 Å². The van der Waals surface area contributed by atoms with E-state index in [-0.39, 0.29) is 11.7 Å². The summed E-state index contributed by atoms with van der Waals surface area (Å²) in [6, 6.07) is 8.21. The molecule has 2 rings (SSSR count). The second-order valence-electron chi connectivity index (χ2n) is 3.96. The van der Waals surface area contributed by atoms with Crippen molar-refractivity contribution >= 4 is 39.7 Å². The molecule has 1 atom stereocenters. The molecule has 104 valence electrons.